The van der Waals surface area contributed by atoms with Gasteiger partial charge >= 0.3 is 5.97 Å². The molecule has 2 heterocycles. The van der Waals surface area contributed by atoms with E-state index in [-0.39, 0.29) is 0 Å². The van der Waals surface area contributed by atoms with Crippen LogP contribution in [0.4, 0.5) is 0 Å². The van der Waals surface area contributed by atoms with E-state index in [1.807, 2.05) is 44.2 Å². The molecule has 0 aliphatic carbocycles. The highest BCUT2D eigenvalue weighted by molar-refractivity contribution is 6.07. The summed E-state index contributed by atoms with van der Waals surface area (Å²) in [5.41, 5.74) is 3.59. The molecule has 0 amide bonds. The van der Waals surface area contributed by atoms with Gasteiger partial charge in [0.1, 0.15) is 5.76 Å². The number of carbonyl (C=O) groups is 1. The van der Waals surface area contributed by atoms with Gasteiger partial charge in [-0.15, -0.1) is 0 Å². The van der Waals surface area contributed by atoms with Crippen LogP contribution >= 0.6 is 0 Å². The van der Waals surface area contributed by atoms with Crippen molar-refractivity contribution in [3.8, 4) is 0 Å². The molecule has 0 fully saturated rings. The van der Waals surface area contributed by atoms with Crippen molar-refractivity contribution in [2.24, 2.45) is 4.99 Å². The van der Waals surface area contributed by atoms with Crippen LogP contribution in [0.15, 0.2) is 51.7 Å². The number of aryl methyl sites for hydroxylation is 3. The maximum Gasteiger partial charge on any atom is 0.363 e. The highest BCUT2D eigenvalue weighted by Crippen LogP contribution is 2.20. The predicted octanol–water partition coefficient (Wildman–Crippen LogP) is 3.83. The van der Waals surface area contributed by atoms with Crippen molar-refractivity contribution in [1.29, 1.82) is 0 Å². The first-order valence-corrected chi connectivity index (χ1v) is 7.23. The number of aliphatic imine (C=N–C) groups is 1. The minimum absolute atomic E-state index is 0.350. The molecule has 0 radical (unpaired) electrons. The fourth-order valence-corrected chi connectivity index (χ4v) is 2.31. The largest absolute Gasteiger partial charge is 0.469 e. The van der Waals surface area contributed by atoms with Crippen molar-refractivity contribution in [2.45, 2.75) is 26.7 Å². The summed E-state index contributed by atoms with van der Waals surface area (Å²) in [7, 11) is 0. The second-order valence-corrected chi connectivity index (χ2v) is 5.36. The van der Waals surface area contributed by atoms with Crippen LogP contribution in [-0.2, 0) is 16.0 Å². The lowest BCUT2D eigenvalue weighted by molar-refractivity contribution is -0.130. The number of furan rings is 1. The van der Waals surface area contributed by atoms with Crippen LogP contribution in [-0.4, -0.2) is 11.9 Å². The number of carbonyl (C=O) groups excluding carboxylic acids is 1. The maximum atomic E-state index is 11.9. The number of rotatable bonds is 4. The van der Waals surface area contributed by atoms with E-state index in [0.29, 0.717) is 24.4 Å². The Bertz CT molecular complexity index is 755. The van der Waals surface area contributed by atoms with Crippen LogP contribution in [0.1, 0.15) is 28.9 Å². The Morgan fingerprint density at radius 3 is 2.82 bits per heavy atom. The van der Waals surface area contributed by atoms with Crippen molar-refractivity contribution in [3.63, 3.8) is 0 Å². The Morgan fingerprint density at radius 2 is 2.05 bits per heavy atom. The number of benzene rings is 1. The molecule has 1 aromatic carbocycles. The highest BCUT2D eigenvalue weighted by Gasteiger charge is 2.23. The molecule has 0 spiro atoms. The standard InChI is InChI=1S/C18H17NO3/c1-12-5-6-13(2)14(10-12)11-16-18(20)22-17(19-16)8-7-15-4-3-9-21-15/h3-6,9-11H,7-8H2,1-2H3/b16-11+. The Morgan fingerprint density at radius 1 is 1.18 bits per heavy atom. The SMILES string of the molecule is Cc1ccc(C)c(/C=C2/N=C(CCc3ccco3)OC2=O)c1. The van der Waals surface area contributed by atoms with Gasteiger partial charge < -0.3 is 9.15 Å². The van der Waals surface area contributed by atoms with E-state index >= 15 is 0 Å². The number of esters is 1. The van der Waals surface area contributed by atoms with Crippen LogP contribution in [0.3, 0.4) is 0 Å². The van der Waals surface area contributed by atoms with Crippen molar-refractivity contribution in [1.82, 2.24) is 0 Å². The van der Waals surface area contributed by atoms with Gasteiger partial charge in [-0.25, -0.2) is 9.79 Å². The summed E-state index contributed by atoms with van der Waals surface area (Å²) in [4.78, 5) is 16.2. The molecule has 2 aromatic rings. The molecule has 0 saturated carbocycles. The molecule has 112 valence electrons. The van der Waals surface area contributed by atoms with Gasteiger partial charge in [-0.05, 0) is 43.2 Å². The molecule has 4 nitrogen and oxygen atoms in total. The number of cyclic esters (lactones) is 1. The van der Waals surface area contributed by atoms with Gasteiger partial charge in [0.25, 0.3) is 0 Å². The number of hydrogen-bond acceptors (Lipinski definition) is 4. The fraction of sp³-hybridized carbons (Fsp3) is 0.222. The van der Waals surface area contributed by atoms with E-state index < -0.39 is 5.97 Å². The molecule has 1 aliphatic heterocycles. The normalized spacial score (nSPS) is 16.0. The number of hydrogen-bond donors (Lipinski definition) is 0. The molecule has 3 rings (SSSR count). The predicted molar refractivity (Wildman–Crippen MR) is 84.4 cm³/mol. The lowest BCUT2D eigenvalue weighted by atomic mass is 10.0. The zero-order valence-electron chi connectivity index (χ0n) is 12.6. The molecule has 0 bridgehead atoms. The van der Waals surface area contributed by atoms with Crippen LogP contribution in [0, 0.1) is 13.8 Å². The summed E-state index contributed by atoms with van der Waals surface area (Å²) in [5, 5.41) is 0. The highest BCUT2D eigenvalue weighted by atomic mass is 16.6. The molecule has 22 heavy (non-hydrogen) atoms. The van der Waals surface area contributed by atoms with Crippen LogP contribution in [0.2, 0.25) is 0 Å². The average molecular weight is 295 g/mol. The summed E-state index contributed by atoms with van der Waals surface area (Å²) >= 11 is 0. The van der Waals surface area contributed by atoms with E-state index in [9.17, 15) is 4.79 Å². The topological polar surface area (TPSA) is 51.8 Å². The van der Waals surface area contributed by atoms with E-state index in [0.717, 1.165) is 22.5 Å². The van der Waals surface area contributed by atoms with Gasteiger partial charge in [-0.3, -0.25) is 0 Å². The van der Waals surface area contributed by atoms with E-state index in [1.165, 1.54) is 0 Å². The summed E-state index contributed by atoms with van der Waals surface area (Å²) in [5.74, 6) is 0.902. The van der Waals surface area contributed by atoms with Crippen molar-refractivity contribution in [3.05, 3.63) is 64.7 Å². The molecule has 0 atom stereocenters. The summed E-state index contributed by atoms with van der Waals surface area (Å²) in [6.07, 6.45) is 4.62. The molecule has 1 aromatic heterocycles. The molecule has 0 N–H and O–H groups in total. The van der Waals surface area contributed by atoms with Gasteiger partial charge in [0, 0.05) is 12.8 Å². The second-order valence-electron chi connectivity index (χ2n) is 5.36. The quantitative estimate of drug-likeness (QED) is 0.636. The Kier molecular flexibility index (Phi) is 3.92. The Hall–Kier alpha value is -2.62. The minimum Gasteiger partial charge on any atom is -0.469 e. The van der Waals surface area contributed by atoms with Crippen molar-refractivity contribution >= 4 is 17.9 Å². The van der Waals surface area contributed by atoms with Gasteiger partial charge in [-0.2, -0.15) is 0 Å². The third-order valence-corrected chi connectivity index (χ3v) is 3.56. The summed E-state index contributed by atoms with van der Waals surface area (Å²) in [6, 6.07) is 9.84. The zero-order valence-corrected chi connectivity index (χ0v) is 12.6. The lowest BCUT2D eigenvalue weighted by Gasteiger charge is -2.01. The molecular formula is C18H17NO3. The van der Waals surface area contributed by atoms with E-state index in [1.54, 1.807) is 12.3 Å². The molecule has 0 saturated heterocycles. The first kappa shape index (κ1) is 14.3. The van der Waals surface area contributed by atoms with Gasteiger partial charge in [0.2, 0.25) is 0 Å². The molecule has 0 unspecified atom stereocenters. The third-order valence-electron chi connectivity index (χ3n) is 3.56. The zero-order chi connectivity index (χ0) is 15.5. The number of nitrogens with zero attached hydrogens (tertiary/aromatic N) is 1. The minimum atomic E-state index is -0.393. The van der Waals surface area contributed by atoms with Crippen molar-refractivity contribution < 1.29 is 13.9 Å². The smallest absolute Gasteiger partial charge is 0.363 e. The van der Waals surface area contributed by atoms with E-state index in [2.05, 4.69) is 4.99 Å². The van der Waals surface area contributed by atoms with Crippen LogP contribution < -0.4 is 0 Å². The van der Waals surface area contributed by atoms with Crippen LogP contribution in [0.25, 0.3) is 6.08 Å². The number of ether oxygens (including phenoxy) is 1. The summed E-state index contributed by atoms with van der Waals surface area (Å²) < 4.78 is 10.5. The Balaban J connectivity index is 1.77. The van der Waals surface area contributed by atoms with Crippen molar-refractivity contribution in [2.75, 3.05) is 0 Å². The van der Waals surface area contributed by atoms with Gasteiger partial charge in [0.05, 0.1) is 6.26 Å². The van der Waals surface area contributed by atoms with E-state index in [4.69, 9.17) is 9.15 Å². The first-order valence-electron chi connectivity index (χ1n) is 7.23. The molecule has 1 aliphatic rings. The monoisotopic (exact) mass is 295 g/mol. The second kappa shape index (κ2) is 6.02. The summed E-state index contributed by atoms with van der Waals surface area (Å²) in [6.45, 7) is 4.03. The van der Waals surface area contributed by atoms with Gasteiger partial charge in [-0.1, -0.05) is 23.8 Å². The first-order chi connectivity index (χ1) is 10.6. The lowest BCUT2D eigenvalue weighted by Crippen LogP contribution is -2.04. The fourth-order valence-electron chi connectivity index (χ4n) is 2.31. The third kappa shape index (κ3) is 3.17. The Labute approximate surface area is 129 Å². The van der Waals surface area contributed by atoms with Crippen LogP contribution in [0.5, 0.6) is 0 Å². The van der Waals surface area contributed by atoms with Gasteiger partial charge in [0.15, 0.2) is 11.6 Å². The average Bonchev–Trinajstić information content (AvgIpc) is 3.11. The maximum absolute atomic E-state index is 11.9. The molecular weight excluding hydrogens is 278 g/mol. The molecule has 4 heteroatoms.